The molecule has 0 unspecified atom stereocenters. The number of hydrogen-bond acceptors (Lipinski definition) is 6. The van der Waals surface area contributed by atoms with Crippen LogP contribution in [-0.4, -0.2) is 53.8 Å². The maximum Gasteiger partial charge on any atom is 0.309 e. The van der Waals surface area contributed by atoms with E-state index >= 15 is 0 Å². The van der Waals surface area contributed by atoms with E-state index in [2.05, 4.69) is 0 Å². The standard InChI is InChI=1S/C24H24ClN3O6/c25-19-5-3-16(4-6-19)23(30)26-12-9-17(10-13-26)24(31)34-15-22(29)27-11-1-2-18-14-20(28(32)33)7-8-21(18)27/h3-8,14,17H,1-2,9-13,15H2. The van der Waals surface area contributed by atoms with E-state index in [9.17, 15) is 24.5 Å². The Hall–Kier alpha value is -3.46. The lowest BCUT2D eigenvalue weighted by Crippen LogP contribution is -2.42. The molecule has 0 aromatic heterocycles. The molecule has 1 saturated heterocycles. The maximum atomic E-state index is 12.7. The van der Waals surface area contributed by atoms with Crippen molar-refractivity contribution in [2.24, 2.45) is 5.92 Å². The third-order valence-corrected chi connectivity index (χ3v) is 6.49. The molecule has 4 rings (SSSR count). The number of piperidine rings is 1. The number of amides is 2. The third kappa shape index (κ3) is 5.20. The number of fused-ring (bicyclic) bond motifs is 1. The minimum absolute atomic E-state index is 0.0136. The van der Waals surface area contributed by atoms with Crippen LogP contribution in [0.4, 0.5) is 11.4 Å². The van der Waals surface area contributed by atoms with Crippen LogP contribution in [0.2, 0.25) is 5.02 Å². The van der Waals surface area contributed by atoms with Crippen LogP contribution >= 0.6 is 11.6 Å². The van der Waals surface area contributed by atoms with Crippen LogP contribution in [0.15, 0.2) is 42.5 Å². The van der Waals surface area contributed by atoms with E-state index in [0.29, 0.717) is 61.6 Å². The van der Waals surface area contributed by atoms with E-state index in [-0.39, 0.29) is 30.0 Å². The number of hydrogen-bond donors (Lipinski definition) is 0. The van der Waals surface area contributed by atoms with Crippen molar-refractivity contribution in [3.8, 4) is 0 Å². The Balaban J connectivity index is 1.28. The second-order valence-corrected chi connectivity index (χ2v) is 8.84. The monoisotopic (exact) mass is 485 g/mol. The van der Waals surface area contributed by atoms with Crippen molar-refractivity contribution in [3.05, 3.63) is 68.7 Å². The van der Waals surface area contributed by atoms with Crippen LogP contribution in [-0.2, 0) is 20.7 Å². The fraction of sp³-hybridized carbons (Fsp3) is 0.375. The number of likely N-dealkylation sites (tertiary alicyclic amines) is 1. The number of benzene rings is 2. The zero-order chi connectivity index (χ0) is 24.2. The number of carbonyl (C=O) groups excluding carboxylic acids is 3. The number of esters is 1. The molecule has 2 aliphatic rings. The summed E-state index contributed by atoms with van der Waals surface area (Å²) in [5.41, 5.74) is 1.88. The first kappa shape index (κ1) is 23.7. The molecule has 9 nitrogen and oxygen atoms in total. The van der Waals surface area contributed by atoms with Gasteiger partial charge in [0.1, 0.15) is 0 Å². The van der Waals surface area contributed by atoms with Crippen molar-refractivity contribution in [2.45, 2.75) is 25.7 Å². The normalized spacial score (nSPS) is 16.0. The predicted molar refractivity (Wildman–Crippen MR) is 125 cm³/mol. The summed E-state index contributed by atoms with van der Waals surface area (Å²) in [4.78, 5) is 51.7. The predicted octanol–water partition coefficient (Wildman–Crippen LogP) is 3.62. The number of nitro groups is 1. The first-order chi connectivity index (χ1) is 16.3. The Morgan fingerprint density at radius 3 is 2.44 bits per heavy atom. The summed E-state index contributed by atoms with van der Waals surface area (Å²) in [6.45, 7) is 0.923. The van der Waals surface area contributed by atoms with E-state index in [1.54, 1.807) is 35.2 Å². The molecule has 2 heterocycles. The SMILES string of the molecule is O=C(OCC(=O)N1CCCc2cc([N+](=O)[O-])ccc21)C1CCN(C(=O)c2ccc(Cl)cc2)CC1. The smallest absolute Gasteiger partial charge is 0.309 e. The van der Waals surface area contributed by atoms with Crippen molar-refractivity contribution in [2.75, 3.05) is 31.1 Å². The van der Waals surface area contributed by atoms with Crippen LogP contribution in [0.5, 0.6) is 0 Å². The van der Waals surface area contributed by atoms with E-state index in [1.807, 2.05) is 0 Å². The molecule has 34 heavy (non-hydrogen) atoms. The van der Waals surface area contributed by atoms with Gasteiger partial charge in [0.05, 0.1) is 10.8 Å². The molecule has 10 heteroatoms. The highest BCUT2D eigenvalue weighted by molar-refractivity contribution is 6.30. The van der Waals surface area contributed by atoms with Gasteiger partial charge in [0.25, 0.3) is 17.5 Å². The molecule has 2 aromatic rings. The molecular weight excluding hydrogens is 462 g/mol. The number of nitro benzene ring substituents is 1. The van der Waals surface area contributed by atoms with Gasteiger partial charge in [0.2, 0.25) is 0 Å². The number of aryl methyl sites for hydroxylation is 1. The maximum absolute atomic E-state index is 12.7. The molecule has 0 radical (unpaired) electrons. The van der Waals surface area contributed by atoms with Gasteiger partial charge in [-0.2, -0.15) is 0 Å². The number of nitrogens with zero attached hydrogens (tertiary/aromatic N) is 3. The number of ether oxygens (including phenoxy) is 1. The van der Waals surface area contributed by atoms with E-state index < -0.39 is 10.9 Å². The average Bonchev–Trinajstić information content (AvgIpc) is 2.86. The van der Waals surface area contributed by atoms with Crippen LogP contribution < -0.4 is 4.90 Å². The van der Waals surface area contributed by atoms with Crippen molar-refractivity contribution in [1.82, 2.24) is 4.90 Å². The quantitative estimate of drug-likeness (QED) is 0.363. The molecule has 0 atom stereocenters. The van der Waals surface area contributed by atoms with Gasteiger partial charge in [-0.05, 0) is 61.6 Å². The van der Waals surface area contributed by atoms with Gasteiger partial charge in [-0.3, -0.25) is 24.5 Å². The Bertz CT molecular complexity index is 1110. The first-order valence-electron chi connectivity index (χ1n) is 11.1. The van der Waals surface area contributed by atoms with Gasteiger partial charge >= 0.3 is 5.97 Å². The highest BCUT2D eigenvalue weighted by atomic mass is 35.5. The van der Waals surface area contributed by atoms with Crippen molar-refractivity contribution < 1.29 is 24.0 Å². The molecule has 0 N–H and O–H groups in total. The summed E-state index contributed by atoms with van der Waals surface area (Å²) < 4.78 is 5.31. The highest BCUT2D eigenvalue weighted by Gasteiger charge is 2.30. The number of carbonyl (C=O) groups is 3. The van der Waals surface area contributed by atoms with Crippen LogP contribution in [0.1, 0.15) is 35.2 Å². The lowest BCUT2D eigenvalue weighted by atomic mass is 9.96. The van der Waals surface area contributed by atoms with Gasteiger partial charge in [-0.15, -0.1) is 0 Å². The number of rotatable bonds is 5. The summed E-state index contributed by atoms with van der Waals surface area (Å²) in [6.07, 6.45) is 2.24. The van der Waals surface area contributed by atoms with Gasteiger partial charge in [-0.25, -0.2) is 0 Å². The first-order valence-corrected chi connectivity index (χ1v) is 11.5. The average molecular weight is 486 g/mol. The van der Waals surface area contributed by atoms with Gasteiger partial charge in [-0.1, -0.05) is 11.6 Å². The van der Waals surface area contributed by atoms with Gasteiger partial charge < -0.3 is 14.5 Å². The second-order valence-electron chi connectivity index (χ2n) is 8.40. The van der Waals surface area contributed by atoms with Crippen LogP contribution in [0.25, 0.3) is 0 Å². The van der Waals surface area contributed by atoms with Crippen molar-refractivity contribution in [1.29, 1.82) is 0 Å². The summed E-state index contributed by atoms with van der Waals surface area (Å²) in [5.74, 6) is -1.30. The van der Waals surface area contributed by atoms with E-state index in [0.717, 1.165) is 5.56 Å². The molecule has 2 aromatic carbocycles. The Morgan fingerprint density at radius 1 is 1.06 bits per heavy atom. The van der Waals surface area contributed by atoms with E-state index in [4.69, 9.17) is 16.3 Å². The fourth-order valence-electron chi connectivity index (χ4n) is 4.38. The molecule has 1 fully saturated rings. The molecule has 0 bridgehead atoms. The number of anilines is 1. The largest absolute Gasteiger partial charge is 0.455 e. The summed E-state index contributed by atoms with van der Waals surface area (Å²) in [6, 6.07) is 11.1. The molecule has 0 aliphatic carbocycles. The van der Waals surface area contributed by atoms with Gasteiger partial charge in [0.15, 0.2) is 6.61 Å². The van der Waals surface area contributed by atoms with Crippen LogP contribution in [0.3, 0.4) is 0 Å². The van der Waals surface area contributed by atoms with Crippen molar-refractivity contribution >= 4 is 40.8 Å². The molecule has 0 saturated carbocycles. The Kier molecular flexibility index (Phi) is 7.12. The van der Waals surface area contributed by atoms with Gasteiger partial charge in [0, 0.05) is 48.0 Å². The third-order valence-electron chi connectivity index (χ3n) is 6.24. The zero-order valence-electron chi connectivity index (χ0n) is 18.4. The minimum atomic E-state index is -0.461. The number of non-ortho nitro benzene ring substituents is 1. The summed E-state index contributed by atoms with van der Waals surface area (Å²) >= 11 is 5.87. The minimum Gasteiger partial charge on any atom is -0.455 e. The Labute approximate surface area is 201 Å². The van der Waals surface area contributed by atoms with E-state index in [1.165, 1.54) is 17.0 Å². The molecule has 2 amide bonds. The number of halogens is 1. The van der Waals surface area contributed by atoms with Crippen LogP contribution in [0, 0.1) is 16.0 Å². The topological polar surface area (TPSA) is 110 Å². The molecular formula is C24H24ClN3O6. The summed E-state index contributed by atoms with van der Waals surface area (Å²) in [7, 11) is 0. The second kappa shape index (κ2) is 10.2. The highest BCUT2D eigenvalue weighted by Crippen LogP contribution is 2.30. The summed E-state index contributed by atoms with van der Waals surface area (Å²) in [5, 5.41) is 11.6. The fourth-order valence-corrected chi connectivity index (χ4v) is 4.50. The zero-order valence-corrected chi connectivity index (χ0v) is 19.2. The molecule has 0 spiro atoms. The Morgan fingerprint density at radius 2 is 1.76 bits per heavy atom. The molecule has 178 valence electrons. The lowest BCUT2D eigenvalue weighted by molar-refractivity contribution is -0.384. The molecule has 2 aliphatic heterocycles. The lowest BCUT2D eigenvalue weighted by Gasteiger charge is -2.31. The van der Waals surface area contributed by atoms with Crippen molar-refractivity contribution in [3.63, 3.8) is 0 Å².